The Labute approximate surface area is 246 Å². The molecular weight excluding hydrogens is 472 g/mol. The van der Waals surface area contributed by atoms with E-state index in [9.17, 15) is 0 Å². The molecule has 1 aliphatic heterocycles. The van der Waals surface area contributed by atoms with Gasteiger partial charge in [-0.15, -0.1) is 0 Å². The van der Waals surface area contributed by atoms with Crippen LogP contribution in [0.15, 0.2) is 29.4 Å². The number of hydrogen-bond donors (Lipinski definition) is 0. The summed E-state index contributed by atoms with van der Waals surface area (Å²) >= 11 is 0. The third kappa shape index (κ3) is 24.5. The highest BCUT2D eigenvalue weighted by molar-refractivity contribution is 5.94. The van der Waals surface area contributed by atoms with E-state index in [1.165, 1.54) is 186 Å². The van der Waals surface area contributed by atoms with Gasteiger partial charge in [-0.05, 0) is 31.8 Å². The zero-order chi connectivity index (χ0) is 27.9. The molecule has 0 spiro atoms. The molecule has 1 heterocycles. The van der Waals surface area contributed by atoms with Gasteiger partial charge in [-0.2, -0.15) is 0 Å². The minimum Gasteiger partial charge on any atom is -0.332 e. The maximum absolute atomic E-state index is 4.71. The van der Waals surface area contributed by atoms with Crippen LogP contribution in [0.2, 0.25) is 0 Å². The van der Waals surface area contributed by atoms with Gasteiger partial charge in [-0.25, -0.2) is 0 Å². The monoisotopic (exact) mass is 543 g/mol. The number of amidine groups is 1. The van der Waals surface area contributed by atoms with Crippen molar-refractivity contribution in [1.29, 1.82) is 0 Å². The Kier molecular flexibility index (Phi) is 27.6. The molecule has 0 bridgehead atoms. The third-order valence-corrected chi connectivity index (χ3v) is 8.41. The first-order valence-corrected chi connectivity index (χ1v) is 18.0. The second-order valence-corrected chi connectivity index (χ2v) is 12.3. The molecule has 2 heteroatoms. The van der Waals surface area contributed by atoms with E-state index >= 15 is 0 Å². The summed E-state index contributed by atoms with van der Waals surface area (Å²) in [5.74, 6) is 1.17. The second-order valence-electron chi connectivity index (χ2n) is 12.3. The normalized spacial score (nSPS) is 13.9. The molecule has 0 saturated heterocycles. The molecule has 2 nitrogen and oxygen atoms in total. The zero-order valence-corrected chi connectivity index (χ0v) is 26.9. The molecule has 0 aliphatic carbocycles. The molecule has 39 heavy (non-hydrogen) atoms. The standard InChI is InChI=1S/C37H70N2/c1-3-5-7-9-11-13-15-17-19-21-23-25-27-29-31-33-37-38-34-36-39(37)35-32-30-28-26-24-22-20-18-16-14-12-10-8-6-4-2/h31-33,35H,3-30,34,36H2,1-2H3. The average Bonchev–Trinajstić information content (AvgIpc) is 3.40. The van der Waals surface area contributed by atoms with Crippen molar-refractivity contribution in [1.82, 2.24) is 4.90 Å². The molecule has 0 saturated carbocycles. The number of nitrogens with zero attached hydrogens (tertiary/aromatic N) is 2. The highest BCUT2D eigenvalue weighted by Gasteiger charge is 2.10. The summed E-state index contributed by atoms with van der Waals surface area (Å²) in [4.78, 5) is 7.06. The molecule has 0 amide bonds. The fourth-order valence-electron chi connectivity index (χ4n) is 5.73. The number of aliphatic imine (C=N–C) groups is 1. The number of allylic oxidation sites excluding steroid dienone is 2. The van der Waals surface area contributed by atoms with E-state index in [0.717, 1.165) is 13.1 Å². The Morgan fingerprint density at radius 3 is 1.26 bits per heavy atom. The van der Waals surface area contributed by atoms with Crippen LogP contribution in [0.5, 0.6) is 0 Å². The van der Waals surface area contributed by atoms with Crippen LogP contribution in [0.3, 0.4) is 0 Å². The minimum absolute atomic E-state index is 0.946. The first-order chi connectivity index (χ1) is 19.4. The molecule has 0 fully saturated rings. The van der Waals surface area contributed by atoms with Crippen molar-refractivity contribution in [2.24, 2.45) is 4.99 Å². The lowest BCUT2D eigenvalue weighted by molar-refractivity contribution is 0.539. The van der Waals surface area contributed by atoms with E-state index in [0.29, 0.717) is 0 Å². The maximum atomic E-state index is 4.71. The van der Waals surface area contributed by atoms with Gasteiger partial charge in [-0.1, -0.05) is 180 Å². The molecule has 0 aromatic rings. The fraction of sp³-hybridized carbons (Fsp3) is 0.865. The average molecular weight is 543 g/mol. The largest absolute Gasteiger partial charge is 0.332 e. The smallest absolute Gasteiger partial charge is 0.127 e. The number of hydrogen-bond acceptors (Lipinski definition) is 2. The van der Waals surface area contributed by atoms with Crippen molar-refractivity contribution in [2.45, 2.75) is 194 Å². The van der Waals surface area contributed by atoms with E-state index in [-0.39, 0.29) is 0 Å². The maximum Gasteiger partial charge on any atom is 0.127 e. The molecule has 0 unspecified atom stereocenters. The van der Waals surface area contributed by atoms with Crippen LogP contribution in [0, 0.1) is 0 Å². The summed E-state index contributed by atoms with van der Waals surface area (Å²) in [6.45, 7) is 6.60. The Balaban J connectivity index is 1.89. The van der Waals surface area contributed by atoms with Crippen molar-refractivity contribution in [2.75, 3.05) is 13.1 Å². The molecule has 1 rings (SSSR count). The molecular formula is C37H70N2. The van der Waals surface area contributed by atoms with Gasteiger partial charge in [0.25, 0.3) is 0 Å². The van der Waals surface area contributed by atoms with Gasteiger partial charge in [0.1, 0.15) is 5.84 Å². The quantitative estimate of drug-likeness (QED) is 0.0824. The first kappa shape index (κ1) is 36.0. The van der Waals surface area contributed by atoms with E-state index in [4.69, 9.17) is 4.99 Å². The van der Waals surface area contributed by atoms with E-state index in [2.05, 4.69) is 43.2 Å². The summed E-state index contributed by atoms with van der Waals surface area (Å²) in [5.41, 5.74) is 0. The molecule has 228 valence electrons. The summed E-state index contributed by atoms with van der Waals surface area (Å²) in [6, 6.07) is 0. The summed E-state index contributed by atoms with van der Waals surface area (Å²) < 4.78 is 0. The number of rotatable bonds is 30. The summed E-state index contributed by atoms with van der Waals surface area (Å²) in [5, 5.41) is 0. The van der Waals surface area contributed by atoms with Gasteiger partial charge < -0.3 is 4.90 Å². The molecule has 0 N–H and O–H groups in total. The zero-order valence-electron chi connectivity index (χ0n) is 26.9. The Bertz CT molecular complexity index is 576. The van der Waals surface area contributed by atoms with Crippen LogP contribution in [0.4, 0.5) is 0 Å². The Hall–Kier alpha value is -1.05. The molecule has 0 atom stereocenters. The predicted molar refractivity (Wildman–Crippen MR) is 178 cm³/mol. The molecule has 0 aromatic heterocycles. The van der Waals surface area contributed by atoms with Crippen LogP contribution in [0.1, 0.15) is 194 Å². The van der Waals surface area contributed by atoms with Crippen LogP contribution in [-0.2, 0) is 0 Å². The van der Waals surface area contributed by atoms with Crippen molar-refractivity contribution in [3.05, 3.63) is 24.4 Å². The summed E-state index contributed by atoms with van der Waals surface area (Å²) in [6.07, 6.45) is 48.8. The van der Waals surface area contributed by atoms with Gasteiger partial charge in [0.05, 0.1) is 6.54 Å². The fourth-order valence-corrected chi connectivity index (χ4v) is 5.73. The van der Waals surface area contributed by atoms with Crippen LogP contribution < -0.4 is 0 Å². The lowest BCUT2D eigenvalue weighted by Gasteiger charge is -2.12. The van der Waals surface area contributed by atoms with Gasteiger partial charge in [0.15, 0.2) is 0 Å². The van der Waals surface area contributed by atoms with Gasteiger partial charge in [0.2, 0.25) is 0 Å². The predicted octanol–water partition coefficient (Wildman–Crippen LogP) is 12.7. The highest BCUT2D eigenvalue weighted by atomic mass is 15.2. The van der Waals surface area contributed by atoms with E-state index < -0.39 is 0 Å². The van der Waals surface area contributed by atoms with Crippen LogP contribution in [-0.4, -0.2) is 23.8 Å². The SMILES string of the molecule is CCCCCCCCCCCCCCCC=CC1=NCCN1C=CCCCCCCCCCCCCCCC. The lowest BCUT2D eigenvalue weighted by atomic mass is 10.0. The number of unbranched alkanes of at least 4 members (excludes halogenated alkanes) is 26. The Morgan fingerprint density at radius 1 is 0.487 bits per heavy atom. The molecule has 0 radical (unpaired) electrons. The highest BCUT2D eigenvalue weighted by Crippen LogP contribution is 2.15. The van der Waals surface area contributed by atoms with Crippen molar-refractivity contribution < 1.29 is 0 Å². The summed E-state index contributed by atoms with van der Waals surface area (Å²) in [7, 11) is 0. The minimum atomic E-state index is 0.946. The van der Waals surface area contributed by atoms with Crippen LogP contribution in [0.25, 0.3) is 0 Å². The molecule has 1 aliphatic rings. The first-order valence-electron chi connectivity index (χ1n) is 18.0. The van der Waals surface area contributed by atoms with E-state index in [1.807, 2.05) is 0 Å². The van der Waals surface area contributed by atoms with Crippen LogP contribution >= 0.6 is 0 Å². The Morgan fingerprint density at radius 2 is 0.846 bits per heavy atom. The van der Waals surface area contributed by atoms with E-state index in [1.54, 1.807) is 0 Å². The van der Waals surface area contributed by atoms with Crippen molar-refractivity contribution in [3.63, 3.8) is 0 Å². The van der Waals surface area contributed by atoms with Crippen molar-refractivity contribution >= 4 is 5.84 Å². The molecule has 0 aromatic carbocycles. The lowest BCUT2D eigenvalue weighted by Crippen LogP contribution is -2.19. The second kappa shape index (κ2) is 29.9. The van der Waals surface area contributed by atoms with Gasteiger partial charge >= 0.3 is 0 Å². The van der Waals surface area contributed by atoms with Gasteiger partial charge in [0, 0.05) is 12.7 Å². The topological polar surface area (TPSA) is 15.6 Å². The van der Waals surface area contributed by atoms with Gasteiger partial charge in [-0.3, -0.25) is 4.99 Å². The third-order valence-electron chi connectivity index (χ3n) is 8.41. The van der Waals surface area contributed by atoms with Crippen molar-refractivity contribution in [3.8, 4) is 0 Å².